The number of hydrogen-bond donors (Lipinski definition) is 0. The zero-order valence-corrected chi connectivity index (χ0v) is 10.7. The molecule has 1 saturated heterocycles. The second-order valence-corrected chi connectivity index (χ2v) is 4.25. The first kappa shape index (κ1) is 13.5. The number of morpholine rings is 1. The van der Waals surface area contributed by atoms with E-state index in [9.17, 15) is 4.79 Å². The van der Waals surface area contributed by atoms with Gasteiger partial charge < -0.3 is 9.47 Å². The Balaban J connectivity index is 1.96. The molecule has 2 heterocycles. The normalized spacial score (nSPS) is 19.7. The molecule has 100 valence electrons. The van der Waals surface area contributed by atoms with Crippen molar-refractivity contribution in [3.05, 3.63) is 29.6 Å². The molecule has 0 saturated carbocycles. The van der Waals surface area contributed by atoms with E-state index in [0.29, 0.717) is 25.3 Å². The maximum Gasteiger partial charge on any atom is 0.339 e. The van der Waals surface area contributed by atoms with Gasteiger partial charge in [-0.05, 0) is 12.1 Å². The van der Waals surface area contributed by atoms with E-state index in [1.807, 2.05) is 0 Å². The summed E-state index contributed by atoms with van der Waals surface area (Å²) in [5, 5.41) is 8.83. The molecule has 2 rings (SSSR count). The van der Waals surface area contributed by atoms with Crippen LogP contribution in [-0.4, -0.2) is 48.8 Å². The average molecular weight is 261 g/mol. The zero-order valence-electron chi connectivity index (χ0n) is 10.7. The van der Waals surface area contributed by atoms with Crippen molar-refractivity contribution >= 4 is 5.97 Å². The number of hydrogen-bond acceptors (Lipinski definition) is 6. The molecule has 1 aliphatic rings. The van der Waals surface area contributed by atoms with Crippen molar-refractivity contribution < 1.29 is 14.3 Å². The first-order chi connectivity index (χ1) is 9.22. The van der Waals surface area contributed by atoms with Crippen molar-refractivity contribution in [1.82, 2.24) is 9.88 Å². The minimum atomic E-state index is -0.394. The van der Waals surface area contributed by atoms with Gasteiger partial charge in [-0.25, -0.2) is 4.79 Å². The van der Waals surface area contributed by atoms with Gasteiger partial charge in [0.25, 0.3) is 0 Å². The van der Waals surface area contributed by atoms with Crippen molar-refractivity contribution in [1.29, 1.82) is 5.26 Å². The molecule has 0 amide bonds. The molecular formula is C13H15N3O3. The third-order valence-corrected chi connectivity index (χ3v) is 2.93. The van der Waals surface area contributed by atoms with Gasteiger partial charge in [0.2, 0.25) is 0 Å². The van der Waals surface area contributed by atoms with Crippen LogP contribution in [0.4, 0.5) is 0 Å². The number of aromatic nitrogens is 1. The lowest BCUT2D eigenvalue weighted by Gasteiger charge is -2.29. The Labute approximate surface area is 111 Å². The number of ether oxygens (including phenoxy) is 2. The predicted octanol–water partition coefficient (Wildman–Crippen LogP) is 0.593. The van der Waals surface area contributed by atoms with Gasteiger partial charge in [-0.2, -0.15) is 5.26 Å². The third kappa shape index (κ3) is 3.50. The molecule has 0 aromatic carbocycles. The Morgan fingerprint density at radius 3 is 3.16 bits per heavy atom. The molecule has 0 aliphatic carbocycles. The molecule has 1 unspecified atom stereocenters. The SMILES string of the molecule is COC(=O)c1ccc(CN2CCOC(C#N)C2)nc1. The molecule has 6 nitrogen and oxygen atoms in total. The number of nitrogens with zero attached hydrogens (tertiary/aromatic N) is 3. The summed E-state index contributed by atoms with van der Waals surface area (Å²) in [5.74, 6) is -0.394. The lowest BCUT2D eigenvalue weighted by molar-refractivity contribution is -0.00312. The maximum absolute atomic E-state index is 11.3. The van der Waals surface area contributed by atoms with Gasteiger partial charge in [0.15, 0.2) is 6.10 Å². The Hall–Kier alpha value is -1.97. The van der Waals surface area contributed by atoms with Crippen LogP contribution in [0.15, 0.2) is 18.3 Å². The van der Waals surface area contributed by atoms with E-state index in [2.05, 4.69) is 20.7 Å². The molecule has 19 heavy (non-hydrogen) atoms. The van der Waals surface area contributed by atoms with Crippen LogP contribution >= 0.6 is 0 Å². The average Bonchev–Trinajstić information content (AvgIpc) is 2.47. The molecule has 1 aromatic rings. The van der Waals surface area contributed by atoms with E-state index in [0.717, 1.165) is 12.2 Å². The first-order valence-electron chi connectivity index (χ1n) is 5.99. The summed E-state index contributed by atoms with van der Waals surface area (Å²) in [7, 11) is 1.34. The summed E-state index contributed by atoms with van der Waals surface area (Å²) in [5.41, 5.74) is 1.29. The van der Waals surface area contributed by atoms with Gasteiger partial charge in [0.1, 0.15) is 0 Å². The highest BCUT2D eigenvalue weighted by atomic mass is 16.5. The van der Waals surface area contributed by atoms with Crippen molar-refractivity contribution in [2.75, 3.05) is 26.8 Å². The Morgan fingerprint density at radius 2 is 2.53 bits per heavy atom. The van der Waals surface area contributed by atoms with Gasteiger partial charge in [-0.1, -0.05) is 0 Å². The standard InChI is InChI=1S/C13H15N3O3/c1-18-13(17)10-2-3-11(15-7-10)8-16-4-5-19-12(6-14)9-16/h2-3,7,12H,4-5,8-9H2,1H3. The highest BCUT2D eigenvalue weighted by molar-refractivity contribution is 5.88. The van der Waals surface area contributed by atoms with Crippen LogP contribution in [0.1, 0.15) is 16.1 Å². The van der Waals surface area contributed by atoms with Gasteiger partial charge >= 0.3 is 5.97 Å². The number of rotatable bonds is 3. The molecule has 6 heteroatoms. The van der Waals surface area contributed by atoms with E-state index < -0.39 is 5.97 Å². The van der Waals surface area contributed by atoms with E-state index in [-0.39, 0.29) is 6.10 Å². The monoisotopic (exact) mass is 261 g/mol. The van der Waals surface area contributed by atoms with Gasteiger partial charge in [-0.3, -0.25) is 9.88 Å². The van der Waals surface area contributed by atoms with E-state index >= 15 is 0 Å². The third-order valence-electron chi connectivity index (χ3n) is 2.93. The van der Waals surface area contributed by atoms with Gasteiger partial charge in [-0.15, -0.1) is 0 Å². The number of esters is 1. The van der Waals surface area contributed by atoms with Crippen LogP contribution in [0.25, 0.3) is 0 Å². The molecule has 0 radical (unpaired) electrons. The maximum atomic E-state index is 11.3. The lowest BCUT2D eigenvalue weighted by Crippen LogP contribution is -2.41. The fraction of sp³-hybridized carbons (Fsp3) is 0.462. The number of methoxy groups -OCH3 is 1. The summed E-state index contributed by atoms with van der Waals surface area (Å²) in [6.45, 7) is 2.55. The van der Waals surface area contributed by atoms with Crippen molar-refractivity contribution in [3.8, 4) is 6.07 Å². The Morgan fingerprint density at radius 1 is 1.68 bits per heavy atom. The quantitative estimate of drug-likeness (QED) is 0.741. The second-order valence-electron chi connectivity index (χ2n) is 4.25. The van der Waals surface area contributed by atoms with Crippen LogP contribution in [0, 0.1) is 11.3 Å². The summed E-state index contributed by atoms with van der Waals surface area (Å²) >= 11 is 0. The predicted molar refractivity (Wildman–Crippen MR) is 66.2 cm³/mol. The van der Waals surface area contributed by atoms with E-state index in [4.69, 9.17) is 10.00 Å². The lowest BCUT2D eigenvalue weighted by atomic mass is 10.2. The second kappa shape index (κ2) is 6.27. The smallest absolute Gasteiger partial charge is 0.339 e. The summed E-state index contributed by atoms with van der Waals surface area (Å²) in [6, 6.07) is 5.59. The summed E-state index contributed by atoms with van der Waals surface area (Å²) in [6.07, 6.45) is 1.13. The fourth-order valence-electron chi connectivity index (χ4n) is 1.91. The number of nitriles is 1. The topological polar surface area (TPSA) is 75.4 Å². The van der Waals surface area contributed by atoms with Crippen LogP contribution in [0.5, 0.6) is 0 Å². The molecule has 1 aromatic heterocycles. The molecule has 0 N–H and O–H groups in total. The molecule has 1 atom stereocenters. The molecular weight excluding hydrogens is 246 g/mol. The number of carbonyl (C=O) groups excluding carboxylic acids is 1. The zero-order chi connectivity index (χ0) is 13.7. The fourth-order valence-corrected chi connectivity index (χ4v) is 1.91. The van der Waals surface area contributed by atoms with Crippen molar-refractivity contribution in [2.24, 2.45) is 0 Å². The number of pyridine rings is 1. The molecule has 1 fully saturated rings. The first-order valence-corrected chi connectivity index (χ1v) is 5.99. The van der Waals surface area contributed by atoms with Crippen molar-refractivity contribution in [3.63, 3.8) is 0 Å². The largest absolute Gasteiger partial charge is 0.465 e. The van der Waals surface area contributed by atoms with Crippen LogP contribution in [-0.2, 0) is 16.0 Å². The van der Waals surface area contributed by atoms with E-state index in [1.165, 1.54) is 13.3 Å². The molecule has 0 spiro atoms. The van der Waals surface area contributed by atoms with Crippen LogP contribution < -0.4 is 0 Å². The minimum Gasteiger partial charge on any atom is -0.465 e. The Kier molecular flexibility index (Phi) is 4.44. The van der Waals surface area contributed by atoms with Crippen LogP contribution in [0.2, 0.25) is 0 Å². The van der Waals surface area contributed by atoms with Gasteiger partial charge in [0.05, 0.1) is 31.0 Å². The molecule has 0 bridgehead atoms. The number of carbonyl (C=O) groups is 1. The highest BCUT2D eigenvalue weighted by Gasteiger charge is 2.20. The van der Waals surface area contributed by atoms with E-state index in [1.54, 1.807) is 12.1 Å². The van der Waals surface area contributed by atoms with Gasteiger partial charge in [0, 0.05) is 25.8 Å². The summed E-state index contributed by atoms with van der Waals surface area (Å²) in [4.78, 5) is 17.6. The van der Waals surface area contributed by atoms with Crippen LogP contribution in [0.3, 0.4) is 0 Å². The van der Waals surface area contributed by atoms with Crippen molar-refractivity contribution in [2.45, 2.75) is 12.6 Å². The highest BCUT2D eigenvalue weighted by Crippen LogP contribution is 2.09. The summed E-state index contributed by atoms with van der Waals surface area (Å²) < 4.78 is 9.89. The molecule has 1 aliphatic heterocycles. The minimum absolute atomic E-state index is 0.372. The Bertz CT molecular complexity index is 481.